The van der Waals surface area contributed by atoms with Crippen molar-refractivity contribution >= 4 is 22.6 Å². The number of nitrogens with two attached hydrogens (primary N) is 2. The molecule has 3 aliphatic carbocycles. The van der Waals surface area contributed by atoms with Gasteiger partial charge in [0.1, 0.15) is 0 Å². The number of nitrogens with zero attached hydrogens (tertiary/aromatic N) is 1. The van der Waals surface area contributed by atoms with Crippen LogP contribution in [0.4, 0.5) is 4.39 Å². The lowest BCUT2D eigenvalue weighted by Gasteiger charge is -2.26. The van der Waals surface area contributed by atoms with Crippen LogP contribution in [0.25, 0.3) is 11.3 Å². The quantitative estimate of drug-likeness (QED) is 0.684. The lowest BCUT2D eigenvalue weighted by Crippen LogP contribution is -2.59. The van der Waals surface area contributed by atoms with Crippen LogP contribution in [0, 0.1) is 0 Å². The van der Waals surface area contributed by atoms with Crippen molar-refractivity contribution in [1.29, 1.82) is 0 Å². The number of H-pyrrole nitrogens is 1. The third kappa shape index (κ3) is 2.76. The Morgan fingerprint density at radius 3 is 2.76 bits per heavy atom. The summed E-state index contributed by atoms with van der Waals surface area (Å²) in [5.41, 5.74) is 13.0. The van der Waals surface area contributed by atoms with E-state index in [9.17, 15) is 9.59 Å². The SMILES string of the molecule is CC1=c2c(c(=O)[nH]c(=O)n2C2CC2)=C(N)C(F)C1c1cc2c(s1)CCCC2CN. The van der Waals surface area contributed by atoms with Gasteiger partial charge in [-0.25, -0.2) is 9.18 Å². The Morgan fingerprint density at radius 1 is 1.31 bits per heavy atom. The maximum absolute atomic E-state index is 15.6. The Kier molecular flexibility index (Phi) is 4.33. The predicted octanol–water partition coefficient (Wildman–Crippen LogP) is 0.685. The summed E-state index contributed by atoms with van der Waals surface area (Å²) in [5, 5.41) is 0.637. The minimum absolute atomic E-state index is 0.0471. The number of aromatic nitrogens is 2. The zero-order chi connectivity index (χ0) is 20.4. The Labute approximate surface area is 170 Å². The minimum Gasteiger partial charge on any atom is -0.399 e. The first-order valence-corrected chi connectivity index (χ1v) is 11.1. The molecule has 154 valence electrons. The van der Waals surface area contributed by atoms with Gasteiger partial charge in [-0.15, -0.1) is 11.3 Å². The second-order valence-corrected chi connectivity index (χ2v) is 9.62. The average molecular weight is 417 g/mol. The van der Waals surface area contributed by atoms with Gasteiger partial charge in [-0.2, -0.15) is 0 Å². The molecule has 2 aromatic heterocycles. The highest BCUT2D eigenvalue weighted by atomic mass is 32.1. The van der Waals surface area contributed by atoms with Crippen LogP contribution >= 0.6 is 11.3 Å². The van der Waals surface area contributed by atoms with E-state index in [1.807, 2.05) is 6.92 Å². The Morgan fingerprint density at radius 2 is 2.07 bits per heavy atom. The van der Waals surface area contributed by atoms with Crippen molar-refractivity contribution in [2.45, 2.75) is 63.1 Å². The first-order valence-electron chi connectivity index (χ1n) is 10.2. The van der Waals surface area contributed by atoms with Crippen molar-refractivity contribution in [3.63, 3.8) is 0 Å². The summed E-state index contributed by atoms with van der Waals surface area (Å²) in [6.07, 6.45) is 3.39. The zero-order valence-corrected chi connectivity index (χ0v) is 17.2. The molecule has 0 aromatic carbocycles. The van der Waals surface area contributed by atoms with Gasteiger partial charge < -0.3 is 11.5 Å². The fourth-order valence-electron chi connectivity index (χ4n) is 5.00. The molecule has 3 unspecified atom stereocenters. The topological polar surface area (TPSA) is 107 Å². The van der Waals surface area contributed by atoms with Gasteiger partial charge in [-0.3, -0.25) is 14.3 Å². The molecule has 0 spiro atoms. The van der Waals surface area contributed by atoms with Crippen molar-refractivity contribution in [2.24, 2.45) is 11.5 Å². The Bertz CT molecular complexity index is 1240. The molecule has 0 saturated heterocycles. The van der Waals surface area contributed by atoms with Gasteiger partial charge in [-0.1, -0.05) is 0 Å². The highest BCUT2D eigenvalue weighted by molar-refractivity contribution is 7.12. The standard InChI is InChI=1S/C21H25FN4O2S/c1-9-15(14-7-12-10(8-23)3-2-4-13(12)29-14)17(22)18(24)16-19(9)26(11-5-6-11)21(28)25-20(16)27/h7,10-11,15,17H,2-6,8,23-24H2,1H3,(H,25,27,28). The first kappa shape index (κ1) is 18.8. The van der Waals surface area contributed by atoms with Crippen molar-refractivity contribution < 1.29 is 4.39 Å². The van der Waals surface area contributed by atoms with Crippen LogP contribution in [0.3, 0.4) is 0 Å². The highest BCUT2D eigenvalue weighted by Crippen LogP contribution is 2.44. The van der Waals surface area contributed by atoms with Crippen LogP contribution in [0.5, 0.6) is 0 Å². The molecule has 29 heavy (non-hydrogen) atoms. The molecule has 0 aliphatic heterocycles. The number of nitrogens with one attached hydrogen (secondary N) is 1. The van der Waals surface area contributed by atoms with E-state index in [4.69, 9.17) is 11.5 Å². The number of hydrogen-bond donors (Lipinski definition) is 3. The van der Waals surface area contributed by atoms with Crippen LogP contribution in [0.15, 0.2) is 15.7 Å². The van der Waals surface area contributed by atoms with Crippen LogP contribution in [0.1, 0.15) is 65.8 Å². The van der Waals surface area contributed by atoms with Gasteiger partial charge in [0.15, 0.2) is 6.17 Å². The number of aromatic amines is 1. The highest BCUT2D eigenvalue weighted by Gasteiger charge is 2.37. The van der Waals surface area contributed by atoms with Gasteiger partial charge in [0, 0.05) is 15.8 Å². The Balaban J connectivity index is 1.78. The lowest BCUT2D eigenvalue weighted by atomic mass is 9.84. The molecule has 0 bridgehead atoms. The van der Waals surface area contributed by atoms with Crippen molar-refractivity contribution in [3.8, 4) is 0 Å². The number of fused-ring (bicyclic) bond motifs is 2. The fourth-order valence-corrected chi connectivity index (χ4v) is 6.48. The summed E-state index contributed by atoms with van der Waals surface area (Å²) < 4.78 is 17.2. The molecular weight excluding hydrogens is 391 g/mol. The summed E-state index contributed by atoms with van der Waals surface area (Å²) in [7, 11) is 0. The number of halogens is 1. The van der Waals surface area contributed by atoms with E-state index in [0.717, 1.165) is 37.0 Å². The Hall–Kier alpha value is -2.19. The van der Waals surface area contributed by atoms with E-state index in [0.29, 0.717) is 23.4 Å². The minimum atomic E-state index is -1.50. The third-order valence-corrected chi connectivity index (χ3v) is 7.92. The number of rotatable bonds is 3. The van der Waals surface area contributed by atoms with Crippen LogP contribution in [0.2, 0.25) is 0 Å². The molecule has 2 aromatic rings. The second kappa shape index (κ2) is 6.67. The van der Waals surface area contributed by atoms with Crippen molar-refractivity contribution in [1.82, 2.24) is 9.55 Å². The molecule has 1 saturated carbocycles. The predicted molar refractivity (Wildman–Crippen MR) is 112 cm³/mol. The monoisotopic (exact) mass is 416 g/mol. The molecule has 5 N–H and O–H groups in total. The van der Waals surface area contributed by atoms with Crippen LogP contribution in [-0.4, -0.2) is 22.3 Å². The van der Waals surface area contributed by atoms with Crippen molar-refractivity contribution in [3.05, 3.63) is 52.8 Å². The fraction of sp³-hybridized carbons (Fsp3) is 0.524. The largest absolute Gasteiger partial charge is 0.399 e. The van der Waals surface area contributed by atoms with E-state index < -0.39 is 23.3 Å². The van der Waals surface area contributed by atoms with Gasteiger partial charge in [0.2, 0.25) is 0 Å². The van der Waals surface area contributed by atoms with Crippen LogP contribution < -0.4 is 33.3 Å². The summed E-state index contributed by atoms with van der Waals surface area (Å²) >= 11 is 1.62. The summed E-state index contributed by atoms with van der Waals surface area (Å²) in [4.78, 5) is 29.6. The van der Waals surface area contributed by atoms with E-state index in [1.54, 1.807) is 15.9 Å². The smallest absolute Gasteiger partial charge is 0.329 e. The van der Waals surface area contributed by atoms with E-state index >= 15 is 4.39 Å². The lowest BCUT2D eigenvalue weighted by molar-refractivity contribution is 0.378. The zero-order valence-electron chi connectivity index (χ0n) is 16.3. The normalized spacial score (nSPS) is 26.4. The van der Waals surface area contributed by atoms with E-state index in [2.05, 4.69) is 11.1 Å². The van der Waals surface area contributed by atoms with Gasteiger partial charge in [0.05, 0.1) is 22.2 Å². The molecule has 8 heteroatoms. The number of thiophene rings is 1. The number of aryl methyl sites for hydroxylation is 1. The van der Waals surface area contributed by atoms with Crippen LogP contribution in [-0.2, 0) is 6.42 Å². The molecule has 6 nitrogen and oxygen atoms in total. The molecular formula is C21H25FN4O2S. The molecule has 3 aliphatic rings. The van der Waals surface area contributed by atoms with E-state index in [-0.39, 0.29) is 17.0 Å². The van der Waals surface area contributed by atoms with E-state index in [1.165, 1.54) is 10.4 Å². The average Bonchev–Trinajstić information content (AvgIpc) is 3.43. The maximum atomic E-state index is 15.6. The third-order valence-electron chi connectivity index (χ3n) is 6.62. The molecule has 0 amide bonds. The first-order chi connectivity index (χ1) is 13.9. The summed E-state index contributed by atoms with van der Waals surface area (Å²) in [6.45, 7) is 2.42. The molecule has 1 fully saturated rings. The second-order valence-electron chi connectivity index (χ2n) is 8.45. The molecule has 5 rings (SSSR count). The number of alkyl halides is 1. The molecule has 3 atom stereocenters. The van der Waals surface area contributed by atoms with Gasteiger partial charge >= 0.3 is 5.69 Å². The number of hydrogen-bond acceptors (Lipinski definition) is 5. The van der Waals surface area contributed by atoms with Gasteiger partial charge in [-0.05, 0) is 68.7 Å². The molecule has 2 heterocycles. The molecule has 0 radical (unpaired) electrons. The van der Waals surface area contributed by atoms with Crippen molar-refractivity contribution in [2.75, 3.05) is 6.54 Å². The van der Waals surface area contributed by atoms with Gasteiger partial charge in [0.25, 0.3) is 5.56 Å². The maximum Gasteiger partial charge on any atom is 0.329 e. The summed E-state index contributed by atoms with van der Waals surface area (Å²) in [5.74, 6) is -0.269. The summed E-state index contributed by atoms with van der Waals surface area (Å²) in [6, 6.07) is 2.13.